The molecule has 0 amide bonds. The van der Waals surface area contributed by atoms with Crippen LogP contribution in [0.3, 0.4) is 0 Å². The van der Waals surface area contributed by atoms with Crippen molar-refractivity contribution in [3.8, 4) is 5.75 Å². The Balaban J connectivity index is 2.05. The van der Waals surface area contributed by atoms with E-state index in [4.69, 9.17) is 10.5 Å². The van der Waals surface area contributed by atoms with E-state index in [9.17, 15) is 5.11 Å². The fraction of sp³-hybridized carbons (Fsp3) is 0.571. The summed E-state index contributed by atoms with van der Waals surface area (Å²) in [7, 11) is 0. The molecule has 1 aromatic rings. The predicted octanol–water partition coefficient (Wildman–Crippen LogP) is 2.39. The van der Waals surface area contributed by atoms with Crippen molar-refractivity contribution in [3.63, 3.8) is 0 Å². The van der Waals surface area contributed by atoms with Crippen LogP contribution < -0.4 is 10.5 Å². The molecule has 2 rings (SSSR count). The SMILES string of the molecule is CC(O)C(N)c1cccc(OC2CCCC2)c1. The second kappa shape index (κ2) is 5.52. The van der Waals surface area contributed by atoms with Gasteiger partial charge in [0.1, 0.15) is 5.75 Å². The molecule has 1 aliphatic rings. The van der Waals surface area contributed by atoms with E-state index in [1.807, 2.05) is 24.3 Å². The summed E-state index contributed by atoms with van der Waals surface area (Å²) >= 11 is 0. The summed E-state index contributed by atoms with van der Waals surface area (Å²) in [5.74, 6) is 0.866. The summed E-state index contributed by atoms with van der Waals surface area (Å²) in [6.45, 7) is 1.70. The maximum absolute atomic E-state index is 9.48. The minimum absolute atomic E-state index is 0.345. The van der Waals surface area contributed by atoms with Crippen LogP contribution >= 0.6 is 0 Å². The first-order valence-electron chi connectivity index (χ1n) is 6.37. The Morgan fingerprint density at radius 2 is 2.06 bits per heavy atom. The molecule has 94 valence electrons. The van der Waals surface area contributed by atoms with Crippen molar-refractivity contribution in [2.75, 3.05) is 0 Å². The predicted molar refractivity (Wildman–Crippen MR) is 67.9 cm³/mol. The fourth-order valence-corrected chi connectivity index (χ4v) is 2.27. The van der Waals surface area contributed by atoms with E-state index in [0.29, 0.717) is 6.10 Å². The van der Waals surface area contributed by atoms with Gasteiger partial charge in [0, 0.05) is 0 Å². The van der Waals surface area contributed by atoms with Crippen LogP contribution in [0.4, 0.5) is 0 Å². The second-order valence-corrected chi connectivity index (χ2v) is 4.86. The minimum atomic E-state index is -0.545. The van der Waals surface area contributed by atoms with Gasteiger partial charge in [-0.3, -0.25) is 0 Å². The van der Waals surface area contributed by atoms with Gasteiger partial charge in [0.15, 0.2) is 0 Å². The Morgan fingerprint density at radius 3 is 2.71 bits per heavy atom. The van der Waals surface area contributed by atoms with Crippen LogP contribution in [0, 0.1) is 0 Å². The lowest BCUT2D eigenvalue weighted by atomic mass is 10.0. The molecule has 3 N–H and O–H groups in total. The van der Waals surface area contributed by atoms with Crippen molar-refractivity contribution in [1.29, 1.82) is 0 Å². The van der Waals surface area contributed by atoms with E-state index < -0.39 is 6.10 Å². The number of aliphatic hydroxyl groups excluding tert-OH is 1. The molecule has 1 saturated carbocycles. The van der Waals surface area contributed by atoms with Crippen LogP contribution in [0.2, 0.25) is 0 Å². The Labute approximate surface area is 103 Å². The monoisotopic (exact) mass is 235 g/mol. The van der Waals surface area contributed by atoms with Crippen molar-refractivity contribution in [1.82, 2.24) is 0 Å². The van der Waals surface area contributed by atoms with E-state index in [0.717, 1.165) is 24.2 Å². The van der Waals surface area contributed by atoms with Crippen LogP contribution in [0.1, 0.15) is 44.2 Å². The van der Waals surface area contributed by atoms with E-state index in [-0.39, 0.29) is 6.04 Å². The van der Waals surface area contributed by atoms with Crippen LogP contribution in [-0.2, 0) is 0 Å². The van der Waals surface area contributed by atoms with Gasteiger partial charge in [0.25, 0.3) is 0 Å². The van der Waals surface area contributed by atoms with Crippen LogP contribution in [0.25, 0.3) is 0 Å². The molecule has 3 nitrogen and oxygen atoms in total. The van der Waals surface area contributed by atoms with Crippen molar-refractivity contribution in [2.45, 2.75) is 50.9 Å². The third-order valence-corrected chi connectivity index (χ3v) is 3.37. The van der Waals surface area contributed by atoms with Gasteiger partial charge in [-0.05, 0) is 50.3 Å². The number of hydrogen-bond donors (Lipinski definition) is 2. The summed E-state index contributed by atoms with van der Waals surface area (Å²) in [4.78, 5) is 0. The third-order valence-electron chi connectivity index (χ3n) is 3.37. The highest BCUT2D eigenvalue weighted by molar-refractivity contribution is 5.31. The summed E-state index contributed by atoms with van der Waals surface area (Å²) in [5.41, 5.74) is 6.84. The lowest BCUT2D eigenvalue weighted by Gasteiger charge is -2.18. The van der Waals surface area contributed by atoms with Gasteiger partial charge < -0.3 is 15.6 Å². The Morgan fingerprint density at radius 1 is 1.35 bits per heavy atom. The number of rotatable bonds is 4. The van der Waals surface area contributed by atoms with Gasteiger partial charge >= 0.3 is 0 Å². The highest BCUT2D eigenvalue weighted by Crippen LogP contribution is 2.26. The van der Waals surface area contributed by atoms with E-state index in [2.05, 4.69) is 0 Å². The standard InChI is InChI=1S/C14H21NO2/c1-10(16)14(15)11-5-4-8-13(9-11)17-12-6-2-3-7-12/h4-5,8-10,12,14,16H,2-3,6-7,15H2,1H3. The first-order valence-corrected chi connectivity index (χ1v) is 6.37. The molecule has 17 heavy (non-hydrogen) atoms. The molecule has 0 bridgehead atoms. The summed E-state index contributed by atoms with van der Waals surface area (Å²) < 4.78 is 5.91. The molecule has 2 atom stereocenters. The number of aliphatic hydroxyl groups is 1. The molecule has 1 aromatic carbocycles. The number of benzene rings is 1. The van der Waals surface area contributed by atoms with Gasteiger partial charge in [-0.25, -0.2) is 0 Å². The zero-order chi connectivity index (χ0) is 12.3. The molecule has 0 aromatic heterocycles. The van der Waals surface area contributed by atoms with E-state index in [1.165, 1.54) is 12.8 Å². The largest absolute Gasteiger partial charge is 0.490 e. The van der Waals surface area contributed by atoms with Crippen molar-refractivity contribution < 1.29 is 9.84 Å². The van der Waals surface area contributed by atoms with Crippen molar-refractivity contribution >= 4 is 0 Å². The normalized spacial score (nSPS) is 20.2. The zero-order valence-electron chi connectivity index (χ0n) is 10.3. The average molecular weight is 235 g/mol. The van der Waals surface area contributed by atoms with Crippen molar-refractivity contribution in [2.24, 2.45) is 5.73 Å². The van der Waals surface area contributed by atoms with Crippen LogP contribution in [0.15, 0.2) is 24.3 Å². The first kappa shape index (κ1) is 12.4. The summed E-state index contributed by atoms with van der Waals surface area (Å²) in [6, 6.07) is 7.41. The quantitative estimate of drug-likeness (QED) is 0.842. The first-order chi connectivity index (χ1) is 8.16. The second-order valence-electron chi connectivity index (χ2n) is 4.86. The number of nitrogens with two attached hydrogens (primary N) is 1. The Hall–Kier alpha value is -1.06. The van der Waals surface area contributed by atoms with Gasteiger partial charge in [-0.15, -0.1) is 0 Å². The molecule has 0 radical (unpaired) electrons. The van der Waals surface area contributed by atoms with Gasteiger partial charge in [0.2, 0.25) is 0 Å². The maximum Gasteiger partial charge on any atom is 0.120 e. The molecular formula is C14H21NO2. The molecule has 0 heterocycles. The van der Waals surface area contributed by atoms with Crippen LogP contribution in [-0.4, -0.2) is 17.3 Å². The molecule has 2 unspecified atom stereocenters. The zero-order valence-corrected chi connectivity index (χ0v) is 10.3. The molecule has 0 saturated heterocycles. The molecule has 0 aliphatic heterocycles. The molecular weight excluding hydrogens is 214 g/mol. The van der Waals surface area contributed by atoms with E-state index >= 15 is 0 Å². The van der Waals surface area contributed by atoms with Crippen LogP contribution in [0.5, 0.6) is 5.75 Å². The molecule has 3 heteroatoms. The van der Waals surface area contributed by atoms with Gasteiger partial charge in [0.05, 0.1) is 18.2 Å². The lowest BCUT2D eigenvalue weighted by molar-refractivity contribution is 0.163. The third kappa shape index (κ3) is 3.20. The average Bonchev–Trinajstić information content (AvgIpc) is 2.81. The summed E-state index contributed by atoms with van der Waals surface area (Å²) in [6.07, 6.45) is 4.62. The highest BCUT2D eigenvalue weighted by atomic mass is 16.5. The molecule has 1 fully saturated rings. The molecule has 1 aliphatic carbocycles. The highest BCUT2D eigenvalue weighted by Gasteiger charge is 2.17. The number of ether oxygens (including phenoxy) is 1. The fourth-order valence-electron chi connectivity index (χ4n) is 2.27. The van der Waals surface area contributed by atoms with Gasteiger partial charge in [-0.1, -0.05) is 12.1 Å². The van der Waals surface area contributed by atoms with E-state index in [1.54, 1.807) is 6.92 Å². The van der Waals surface area contributed by atoms with Crippen molar-refractivity contribution in [3.05, 3.63) is 29.8 Å². The number of hydrogen-bond acceptors (Lipinski definition) is 3. The summed E-state index contributed by atoms with van der Waals surface area (Å²) in [5, 5.41) is 9.48. The topological polar surface area (TPSA) is 55.5 Å². The Bertz CT molecular complexity index is 359. The van der Waals surface area contributed by atoms with Gasteiger partial charge in [-0.2, -0.15) is 0 Å². The minimum Gasteiger partial charge on any atom is -0.490 e. The maximum atomic E-state index is 9.48. The lowest BCUT2D eigenvalue weighted by Crippen LogP contribution is -2.23. The Kier molecular flexibility index (Phi) is 4.02. The smallest absolute Gasteiger partial charge is 0.120 e. The molecule has 0 spiro atoms.